The van der Waals surface area contributed by atoms with Crippen LogP contribution in [0.1, 0.15) is 0 Å². The molecule has 4 nitrogen and oxygen atoms in total. The minimum atomic E-state index is 0.649. The zero-order valence-corrected chi connectivity index (χ0v) is 27.7. The summed E-state index contributed by atoms with van der Waals surface area (Å²) in [6, 6.07) is 59.5. The van der Waals surface area contributed by atoms with Gasteiger partial charge < -0.3 is 4.57 Å². The summed E-state index contributed by atoms with van der Waals surface area (Å²) in [5.41, 5.74) is 8.75. The standard InChI is InChI=1S/C45H28N4S/c1-4-14-29(15-5-1)31-18-12-19-32(28-31)44-46-43(30-16-6-2-7-17-30)47-45(48-44)38-24-13-23-36-37-27-26-35-34-22-10-11-25-39(34)49(33-20-8-3-9-21-33)40(35)42(37)50-41(36)38/h1-28H. The lowest BCUT2D eigenvalue weighted by Crippen LogP contribution is -2.00. The van der Waals surface area contributed by atoms with Crippen molar-refractivity contribution in [3.05, 3.63) is 170 Å². The van der Waals surface area contributed by atoms with Crippen molar-refractivity contribution in [3.8, 4) is 51.0 Å². The molecule has 0 aliphatic rings. The van der Waals surface area contributed by atoms with Gasteiger partial charge in [0.15, 0.2) is 17.5 Å². The summed E-state index contributed by atoms with van der Waals surface area (Å²) >= 11 is 1.82. The molecule has 0 saturated heterocycles. The van der Waals surface area contributed by atoms with Gasteiger partial charge in [0.05, 0.1) is 15.7 Å². The molecule has 0 fully saturated rings. The van der Waals surface area contributed by atoms with E-state index < -0.39 is 0 Å². The molecule has 0 N–H and O–H groups in total. The van der Waals surface area contributed by atoms with Crippen LogP contribution < -0.4 is 0 Å². The van der Waals surface area contributed by atoms with Gasteiger partial charge >= 0.3 is 0 Å². The van der Waals surface area contributed by atoms with Gasteiger partial charge in [-0.1, -0.05) is 140 Å². The molecular weight excluding hydrogens is 629 g/mol. The Balaban J connectivity index is 1.23. The molecule has 0 saturated carbocycles. The van der Waals surface area contributed by atoms with Crippen LogP contribution in [0.3, 0.4) is 0 Å². The van der Waals surface area contributed by atoms with Crippen LogP contribution in [0.4, 0.5) is 0 Å². The van der Waals surface area contributed by atoms with Crippen molar-refractivity contribution in [1.82, 2.24) is 19.5 Å². The van der Waals surface area contributed by atoms with Crippen molar-refractivity contribution in [3.63, 3.8) is 0 Å². The number of aromatic nitrogens is 4. The summed E-state index contributed by atoms with van der Waals surface area (Å²) in [5, 5.41) is 4.92. The average molecular weight is 657 g/mol. The van der Waals surface area contributed by atoms with Gasteiger partial charge in [0.2, 0.25) is 0 Å². The van der Waals surface area contributed by atoms with Crippen LogP contribution in [-0.2, 0) is 0 Å². The third-order valence-corrected chi connectivity index (χ3v) is 10.7. The fourth-order valence-electron chi connectivity index (χ4n) is 7.14. The summed E-state index contributed by atoms with van der Waals surface area (Å²) in [5.74, 6) is 1.97. The molecule has 234 valence electrons. The smallest absolute Gasteiger partial charge is 0.165 e. The van der Waals surface area contributed by atoms with Crippen molar-refractivity contribution < 1.29 is 0 Å². The van der Waals surface area contributed by atoms with Gasteiger partial charge in [0.1, 0.15) is 0 Å². The van der Waals surface area contributed by atoms with Gasteiger partial charge in [-0.2, -0.15) is 0 Å². The molecule has 0 atom stereocenters. The number of thiophene rings is 1. The van der Waals surface area contributed by atoms with E-state index in [-0.39, 0.29) is 0 Å². The van der Waals surface area contributed by atoms with Crippen LogP contribution in [0.25, 0.3) is 93.0 Å². The lowest BCUT2D eigenvalue weighted by Gasteiger charge is -2.10. The topological polar surface area (TPSA) is 43.6 Å². The molecule has 0 spiro atoms. The fourth-order valence-corrected chi connectivity index (χ4v) is 8.48. The maximum Gasteiger partial charge on any atom is 0.165 e. The Hall–Kier alpha value is -6.43. The van der Waals surface area contributed by atoms with E-state index in [0.29, 0.717) is 17.5 Å². The first-order valence-corrected chi connectivity index (χ1v) is 17.5. The molecule has 10 aromatic rings. The molecule has 3 heterocycles. The Labute approximate surface area is 292 Å². The summed E-state index contributed by atoms with van der Waals surface area (Å²) in [6.07, 6.45) is 0. The van der Waals surface area contributed by atoms with Gasteiger partial charge in [-0.15, -0.1) is 11.3 Å². The van der Waals surface area contributed by atoms with E-state index in [1.807, 2.05) is 35.6 Å². The first-order chi connectivity index (χ1) is 24.8. The number of benzene rings is 7. The van der Waals surface area contributed by atoms with Crippen LogP contribution in [0.15, 0.2) is 170 Å². The lowest BCUT2D eigenvalue weighted by atomic mass is 10.0. The third kappa shape index (κ3) is 4.63. The van der Waals surface area contributed by atoms with E-state index in [1.54, 1.807) is 0 Å². The van der Waals surface area contributed by atoms with Crippen molar-refractivity contribution >= 4 is 53.3 Å². The molecule has 0 aliphatic heterocycles. The van der Waals surface area contributed by atoms with Crippen molar-refractivity contribution in [2.45, 2.75) is 0 Å². The third-order valence-electron chi connectivity index (χ3n) is 9.45. The maximum absolute atomic E-state index is 5.20. The number of hydrogen-bond donors (Lipinski definition) is 0. The second kappa shape index (κ2) is 11.6. The molecule has 0 amide bonds. The van der Waals surface area contributed by atoms with Gasteiger partial charge in [-0.05, 0) is 41.5 Å². The Morgan fingerprint density at radius 1 is 0.380 bits per heavy atom. The molecule has 7 aromatic carbocycles. The number of rotatable bonds is 5. The lowest BCUT2D eigenvalue weighted by molar-refractivity contribution is 1.08. The van der Waals surface area contributed by atoms with E-state index in [9.17, 15) is 0 Å². The molecular formula is C45H28N4S. The summed E-state index contributed by atoms with van der Waals surface area (Å²) in [4.78, 5) is 15.4. The molecule has 50 heavy (non-hydrogen) atoms. The maximum atomic E-state index is 5.20. The number of nitrogens with zero attached hydrogens (tertiary/aromatic N) is 4. The highest BCUT2D eigenvalue weighted by molar-refractivity contribution is 7.27. The normalized spacial score (nSPS) is 11.6. The molecule has 10 rings (SSSR count). The van der Waals surface area contributed by atoms with Crippen molar-refractivity contribution in [2.75, 3.05) is 0 Å². The SMILES string of the molecule is c1ccc(-c2cccc(-c3nc(-c4ccccc4)nc(-c4cccc5c4sc4c5ccc5c6ccccc6n(-c6ccccc6)c54)n3)c2)cc1. The first kappa shape index (κ1) is 28.6. The van der Waals surface area contributed by atoms with Crippen LogP contribution >= 0.6 is 11.3 Å². The monoisotopic (exact) mass is 656 g/mol. The molecule has 0 unspecified atom stereocenters. The minimum absolute atomic E-state index is 0.649. The number of fused-ring (bicyclic) bond motifs is 7. The van der Waals surface area contributed by atoms with Crippen molar-refractivity contribution in [1.29, 1.82) is 0 Å². The van der Waals surface area contributed by atoms with E-state index >= 15 is 0 Å². The summed E-state index contributed by atoms with van der Waals surface area (Å²) in [6.45, 7) is 0. The molecule has 0 radical (unpaired) electrons. The van der Waals surface area contributed by atoms with Crippen LogP contribution in [0.2, 0.25) is 0 Å². The second-order valence-electron chi connectivity index (χ2n) is 12.4. The van der Waals surface area contributed by atoms with Gasteiger partial charge in [-0.25, -0.2) is 15.0 Å². The van der Waals surface area contributed by atoms with Gasteiger partial charge in [-0.3, -0.25) is 0 Å². The first-order valence-electron chi connectivity index (χ1n) is 16.7. The predicted octanol–water partition coefficient (Wildman–Crippen LogP) is 12.0. The Morgan fingerprint density at radius 2 is 0.940 bits per heavy atom. The summed E-state index contributed by atoms with van der Waals surface area (Å²) in [7, 11) is 0. The molecule has 0 aliphatic carbocycles. The van der Waals surface area contributed by atoms with E-state index in [4.69, 9.17) is 15.0 Å². The Morgan fingerprint density at radius 3 is 1.74 bits per heavy atom. The zero-order chi connectivity index (χ0) is 33.0. The highest BCUT2D eigenvalue weighted by Gasteiger charge is 2.21. The van der Waals surface area contributed by atoms with Crippen LogP contribution in [-0.4, -0.2) is 19.5 Å². The average Bonchev–Trinajstić information content (AvgIpc) is 3.75. The van der Waals surface area contributed by atoms with Crippen LogP contribution in [0.5, 0.6) is 0 Å². The summed E-state index contributed by atoms with van der Waals surface area (Å²) < 4.78 is 4.82. The van der Waals surface area contributed by atoms with E-state index in [0.717, 1.165) is 38.2 Å². The quantitative estimate of drug-likeness (QED) is 0.185. The predicted molar refractivity (Wildman–Crippen MR) is 209 cm³/mol. The highest BCUT2D eigenvalue weighted by Crippen LogP contribution is 2.45. The van der Waals surface area contributed by atoms with Gasteiger partial charge in [0, 0.05) is 48.6 Å². The van der Waals surface area contributed by atoms with E-state index in [2.05, 4.69) is 150 Å². The fraction of sp³-hybridized carbons (Fsp3) is 0. The molecule has 5 heteroatoms. The van der Waals surface area contributed by atoms with Crippen molar-refractivity contribution in [2.24, 2.45) is 0 Å². The molecule has 0 bridgehead atoms. The second-order valence-corrected chi connectivity index (χ2v) is 13.5. The number of para-hydroxylation sites is 2. The Kier molecular flexibility index (Phi) is 6.64. The minimum Gasteiger partial charge on any atom is -0.308 e. The largest absolute Gasteiger partial charge is 0.308 e. The van der Waals surface area contributed by atoms with Gasteiger partial charge in [0.25, 0.3) is 0 Å². The number of hydrogen-bond acceptors (Lipinski definition) is 4. The highest BCUT2D eigenvalue weighted by atomic mass is 32.1. The Bertz CT molecular complexity index is 2860. The van der Waals surface area contributed by atoms with Crippen LogP contribution in [0, 0.1) is 0 Å². The van der Waals surface area contributed by atoms with E-state index in [1.165, 1.54) is 37.3 Å². The molecule has 3 aromatic heterocycles. The zero-order valence-electron chi connectivity index (χ0n) is 26.9.